The fourth-order valence-electron chi connectivity index (χ4n) is 1.48. The highest BCUT2D eigenvalue weighted by molar-refractivity contribution is 5.81. The molecule has 0 heterocycles. The summed E-state index contributed by atoms with van der Waals surface area (Å²) in [6.07, 6.45) is 0.414. The number of phenols is 2. The summed E-state index contributed by atoms with van der Waals surface area (Å²) in [5.74, 6) is -0.384. The fraction of sp³-hybridized carbons (Fsp3) is 0.417. The first-order valence-corrected chi connectivity index (χ1v) is 5.62. The van der Waals surface area contributed by atoms with Gasteiger partial charge in [0.2, 0.25) is 5.91 Å². The minimum atomic E-state index is -0.930. The summed E-state index contributed by atoms with van der Waals surface area (Å²) in [5, 5.41) is 30.4. The molecular weight excluding hydrogens is 236 g/mol. The van der Waals surface area contributed by atoms with Gasteiger partial charge in [-0.25, -0.2) is 0 Å². The second-order valence-corrected chi connectivity index (χ2v) is 4.05. The highest BCUT2D eigenvalue weighted by Gasteiger charge is 2.12. The van der Waals surface area contributed by atoms with Gasteiger partial charge in [0.25, 0.3) is 0 Å². The minimum absolute atomic E-state index is 0.0238. The molecular formula is C12H18N2O4. The molecule has 6 nitrogen and oxygen atoms in total. The number of hydrogen-bond acceptors (Lipinski definition) is 5. The molecule has 0 spiro atoms. The molecule has 1 aromatic rings. The Labute approximate surface area is 105 Å². The van der Waals surface area contributed by atoms with Gasteiger partial charge >= 0.3 is 0 Å². The van der Waals surface area contributed by atoms with E-state index in [1.807, 2.05) is 0 Å². The number of carbonyl (C=O) groups is 1. The van der Waals surface area contributed by atoms with Crippen molar-refractivity contribution in [3.63, 3.8) is 0 Å². The third-order valence-electron chi connectivity index (χ3n) is 2.71. The highest BCUT2D eigenvalue weighted by Crippen LogP contribution is 2.29. The Morgan fingerprint density at radius 2 is 2.11 bits per heavy atom. The van der Waals surface area contributed by atoms with Crippen LogP contribution >= 0.6 is 0 Å². The molecule has 0 saturated carbocycles. The van der Waals surface area contributed by atoms with Gasteiger partial charge in [0.05, 0.1) is 6.61 Å². The van der Waals surface area contributed by atoms with Crippen LogP contribution in [0.3, 0.4) is 0 Å². The van der Waals surface area contributed by atoms with E-state index in [1.54, 1.807) is 13.0 Å². The second kappa shape index (κ2) is 6.23. The largest absolute Gasteiger partial charge is 0.508 e. The summed E-state index contributed by atoms with van der Waals surface area (Å²) in [5.41, 5.74) is 6.36. The van der Waals surface area contributed by atoms with Crippen LogP contribution in [-0.2, 0) is 11.2 Å². The van der Waals surface area contributed by atoms with E-state index in [9.17, 15) is 15.0 Å². The molecule has 0 bridgehead atoms. The van der Waals surface area contributed by atoms with Crippen LogP contribution in [0.2, 0.25) is 0 Å². The number of phenolic OH excluding ortho intramolecular Hbond substituents is 2. The second-order valence-electron chi connectivity index (χ2n) is 4.05. The van der Waals surface area contributed by atoms with Gasteiger partial charge < -0.3 is 26.4 Å². The van der Waals surface area contributed by atoms with Crippen molar-refractivity contribution in [3.05, 3.63) is 23.3 Å². The van der Waals surface area contributed by atoms with Gasteiger partial charge in [0.15, 0.2) is 0 Å². The maximum absolute atomic E-state index is 11.3. The third-order valence-corrected chi connectivity index (χ3v) is 2.71. The van der Waals surface area contributed by atoms with Gasteiger partial charge in [-0.15, -0.1) is 0 Å². The summed E-state index contributed by atoms with van der Waals surface area (Å²) in [7, 11) is 0. The maximum atomic E-state index is 11.3. The van der Waals surface area contributed by atoms with Gasteiger partial charge in [-0.05, 0) is 25.0 Å². The van der Waals surface area contributed by atoms with Crippen molar-refractivity contribution in [1.82, 2.24) is 5.32 Å². The molecule has 1 amide bonds. The number of rotatable bonds is 5. The fourth-order valence-corrected chi connectivity index (χ4v) is 1.48. The molecule has 6 N–H and O–H groups in total. The van der Waals surface area contributed by atoms with Crippen LogP contribution in [-0.4, -0.2) is 40.4 Å². The number of carbonyl (C=O) groups excluding carboxylic acids is 1. The van der Waals surface area contributed by atoms with E-state index in [4.69, 9.17) is 10.8 Å². The summed E-state index contributed by atoms with van der Waals surface area (Å²) >= 11 is 0. The van der Waals surface area contributed by atoms with Crippen molar-refractivity contribution >= 4 is 5.91 Å². The average molecular weight is 254 g/mol. The maximum Gasteiger partial charge on any atom is 0.239 e. The topological polar surface area (TPSA) is 116 Å². The molecule has 0 aliphatic heterocycles. The normalized spacial score (nSPS) is 12.2. The van der Waals surface area contributed by atoms with Crippen LogP contribution < -0.4 is 11.1 Å². The number of benzene rings is 1. The Hall–Kier alpha value is -1.79. The lowest BCUT2D eigenvalue weighted by atomic mass is 10.1. The molecule has 1 atom stereocenters. The van der Waals surface area contributed by atoms with Crippen molar-refractivity contribution in [2.75, 3.05) is 13.2 Å². The smallest absolute Gasteiger partial charge is 0.239 e. The van der Waals surface area contributed by atoms with E-state index in [-0.39, 0.29) is 11.5 Å². The van der Waals surface area contributed by atoms with Gasteiger partial charge in [0, 0.05) is 12.1 Å². The Kier molecular flexibility index (Phi) is 4.94. The first kappa shape index (κ1) is 14.3. The van der Waals surface area contributed by atoms with E-state index in [0.29, 0.717) is 24.1 Å². The quantitative estimate of drug-likeness (QED) is 0.480. The molecule has 0 fully saturated rings. The van der Waals surface area contributed by atoms with E-state index in [1.165, 1.54) is 6.07 Å². The molecule has 1 aromatic carbocycles. The van der Waals surface area contributed by atoms with Crippen molar-refractivity contribution in [1.29, 1.82) is 0 Å². The number of aromatic hydroxyl groups is 2. The highest BCUT2D eigenvalue weighted by atomic mass is 16.3. The number of nitrogens with two attached hydrogens (primary N) is 1. The zero-order valence-corrected chi connectivity index (χ0v) is 10.2. The molecule has 0 saturated heterocycles. The summed E-state index contributed by atoms with van der Waals surface area (Å²) < 4.78 is 0. The molecule has 6 heteroatoms. The molecule has 0 radical (unpaired) electrons. The van der Waals surface area contributed by atoms with Gasteiger partial charge in [0.1, 0.15) is 17.5 Å². The lowest BCUT2D eigenvalue weighted by Gasteiger charge is -2.11. The monoisotopic (exact) mass is 254 g/mol. The van der Waals surface area contributed by atoms with Crippen molar-refractivity contribution < 1.29 is 20.1 Å². The molecule has 100 valence electrons. The van der Waals surface area contributed by atoms with Crippen molar-refractivity contribution in [2.24, 2.45) is 5.73 Å². The minimum Gasteiger partial charge on any atom is -0.508 e. The lowest BCUT2D eigenvalue weighted by Crippen LogP contribution is -2.43. The van der Waals surface area contributed by atoms with Crippen LogP contribution in [0.25, 0.3) is 0 Å². The molecule has 0 aromatic heterocycles. The Bertz CT molecular complexity index is 434. The summed E-state index contributed by atoms with van der Waals surface area (Å²) in [6, 6.07) is 2.15. The summed E-state index contributed by atoms with van der Waals surface area (Å²) in [6.45, 7) is 1.49. The number of amides is 1. The predicted octanol–water partition coefficient (Wildman–Crippen LogP) is -0.615. The number of aliphatic hydroxyl groups is 1. The molecule has 0 unspecified atom stereocenters. The van der Waals surface area contributed by atoms with Crippen molar-refractivity contribution in [2.45, 2.75) is 19.4 Å². The van der Waals surface area contributed by atoms with Crippen LogP contribution in [0.5, 0.6) is 11.5 Å². The van der Waals surface area contributed by atoms with Crippen LogP contribution in [0.4, 0.5) is 0 Å². The first-order chi connectivity index (χ1) is 8.47. The zero-order valence-electron chi connectivity index (χ0n) is 10.2. The molecule has 1 rings (SSSR count). The number of aliphatic hydroxyl groups excluding tert-OH is 1. The Balaban J connectivity index is 2.55. The standard InChI is InChI=1S/C12H18N2O4/c1-7-10(16)3-2-8(11(7)17)4-5-14-12(18)9(13)6-15/h2-3,9,15-17H,4-6,13H2,1H3,(H,14,18)/t9-/m0/s1. The van der Waals surface area contributed by atoms with E-state index >= 15 is 0 Å². The SMILES string of the molecule is Cc1c(O)ccc(CCNC(=O)[C@@H](N)CO)c1O. The van der Waals surface area contributed by atoms with Crippen LogP contribution in [0, 0.1) is 6.92 Å². The number of hydrogen-bond donors (Lipinski definition) is 5. The first-order valence-electron chi connectivity index (χ1n) is 5.62. The number of nitrogens with one attached hydrogen (secondary N) is 1. The van der Waals surface area contributed by atoms with Gasteiger partial charge in [-0.2, -0.15) is 0 Å². The van der Waals surface area contributed by atoms with E-state index in [2.05, 4.69) is 5.32 Å². The van der Waals surface area contributed by atoms with E-state index in [0.717, 1.165) is 0 Å². The van der Waals surface area contributed by atoms with Gasteiger partial charge in [-0.1, -0.05) is 6.07 Å². The zero-order chi connectivity index (χ0) is 13.7. The molecule has 18 heavy (non-hydrogen) atoms. The van der Waals surface area contributed by atoms with E-state index < -0.39 is 18.6 Å². The Morgan fingerprint density at radius 1 is 1.44 bits per heavy atom. The van der Waals surface area contributed by atoms with Crippen molar-refractivity contribution in [3.8, 4) is 11.5 Å². The van der Waals surface area contributed by atoms with Crippen LogP contribution in [0.15, 0.2) is 12.1 Å². The van der Waals surface area contributed by atoms with Crippen LogP contribution in [0.1, 0.15) is 11.1 Å². The molecule has 0 aliphatic carbocycles. The molecule has 0 aliphatic rings. The Morgan fingerprint density at radius 3 is 2.72 bits per heavy atom. The third kappa shape index (κ3) is 3.35. The predicted molar refractivity (Wildman–Crippen MR) is 66.3 cm³/mol. The average Bonchev–Trinajstić information content (AvgIpc) is 2.37. The summed E-state index contributed by atoms with van der Waals surface area (Å²) in [4.78, 5) is 11.3. The van der Waals surface area contributed by atoms with Gasteiger partial charge in [-0.3, -0.25) is 4.79 Å². The lowest BCUT2D eigenvalue weighted by molar-refractivity contribution is -0.123.